The fraction of sp³-hybridized carbons (Fsp3) is 0.0714. The number of thiophene rings is 1. The minimum atomic E-state index is 0.0396. The van der Waals surface area contributed by atoms with Gasteiger partial charge in [0.2, 0.25) is 0 Å². The van der Waals surface area contributed by atoms with Crippen LogP contribution in [-0.4, -0.2) is 12.0 Å². The van der Waals surface area contributed by atoms with E-state index in [-0.39, 0.29) is 5.78 Å². The third-order valence-corrected chi connectivity index (χ3v) is 3.83. The van der Waals surface area contributed by atoms with E-state index >= 15 is 0 Å². The molecule has 0 unspecified atom stereocenters. The molecule has 0 aliphatic rings. The summed E-state index contributed by atoms with van der Waals surface area (Å²) in [5.74, 6) is 0.0396. The van der Waals surface area contributed by atoms with Crippen LogP contribution in [0.5, 0.6) is 0 Å². The van der Waals surface area contributed by atoms with Gasteiger partial charge in [-0.25, -0.2) is 0 Å². The van der Waals surface area contributed by atoms with E-state index in [9.17, 15) is 4.79 Å². The number of carbonyl (C=O) groups excluding carboxylic acids is 1. The number of hydrogen-bond donors (Lipinski definition) is 1. The van der Waals surface area contributed by atoms with E-state index in [1.165, 1.54) is 23.1 Å². The van der Waals surface area contributed by atoms with Gasteiger partial charge in [-0.2, -0.15) is 0 Å². The van der Waals surface area contributed by atoms with Gasteiger partial charge in [0.05, 0.1) is 9.91 Å². The highest BCUT2D eigenvalue weighted by Gasteiger charge is 2.05. The lowest BCUT2D eigenvalue weighted by Gasteiger charge is -2.07. The molecule has 18 heavy (non-hydrogen) atoms. The third-order valence-electron chi connectivity index (χ3n) is 2.29. The van der Waals surface area contributed by atoms with E-state index < -0.39 is 0 Å². The average molecular weight is 275 g/mol. The zero-order valence-electron chi connectivity index (χ0n) is 9.92. The van der Waals surface area contributed by atoms with Crippen LogP contribution in [0.3, 0.4) is 0 Å². The number of allylic oxidation sites excluding steroid dienone is 1. The van der Waals surface area contributed by atoms with Crippen LogP contribution >= 0.6 is 23.1 Å². The highest BCUT2D eigenvalue weighted by atomic mass is 32.2. The summed E-state index contributed by atoms with van der Waals surface area (Å²) in [6.07, 6.45) is 3.59. The molecule has 0 aliphatic heterocycles. The lowest BCUT2D eigenvalue weighted by molar-refractivity contribution is 0.105. The zero-order chi connectivity index (χ0) is 12.8. The fourth-order valence-electron chi connectivity index (χ4n) is 1.42. The molecule has 0 bridgehead atoms. The number of benzene rings is 1. The summed E-state index contributed by atoms with van der Waals surface area (Å²) in [5, 5.41) is 5.98. The van der Waals surface area contributed by atoms with Crippen molar-refractivity contribution in [1.82, 2.24) is 0 Å². The van der Waals surface area contributed by atoms with Crippen molar-refractivity contribution in [2.24, 2.45) is 0 Å². The van der Waals surface area contributed by atoms with Gasteiger partial charge in [0.1, 0.15) is 0 Å². The predicted molar refractivity (Wildman–Crippen MR) is 80.3 cm³/mol. The first kappa shape index (κ1) is 12.9. The van der Waals surface area contributed by atoms with Crippen molar-refractivity contribution in [3.8, 4) is 0 Å². The Morgan fingerprint density at radius 2 is 2.00 bits per heavy atom. The van der Waals surface area contributed by atoms with Crippen molar-refractivity contribution >= 4 is 34.6 Å². The number of para-hydroxylation sites is 1. The molecule has 2 nitrogen and oxygen atoms in total. The van der Waals surface area contributed by atoms with E-state index in [0.717, 1.165) is 15.6 Å². The number of nitrogens with one attached hydrogen (secondary N) is 1. The maximum absolute atomic E-state index is 11.9. The summed E-state index contributed by atoms with van der Waals surface area (Å²) in [4.78, 5) is 12.7. The van der Waals surface area contributed by atoms with Crippen LogP contribution in [0, 0.1) is 0 Å². The summed E-state index contributed by atoms with van der Waals surface area (Å²) in [6.45, 7) is 0. The van der Waals surface area contributed by atoms with Crippen LogP contribution in [-0.2, 0) is 0 Å². The molecule has 0 aliphatic carbocycles. The maximum atomic E-state index is 11.9. The number of hydrogen-bond acceptors (Lipinski definition) is 4. The molecule has 92 valence electrons. The van der Waals surface area contributed by atoms with E-state index in [2.05, 4.69) is 5.32 Å². The molecule has 0 amide bonds. The smallest absolute Gasteiger partial charge is 0.198 e. The molecule has 1 aromatic heterocycles. The second kappa shape index (κ2) is 6.42. The second-order valence-corrected chi connectivity index (χ2v) is 5.34. The summed E-state index contributed by atoms with van der Waals surface area (Å²) >= 11 is 2.98. The topological polar surface area (TPSA) is 29.1 Å². The molecule has 1 aromatic carbocycles. The van der Waals surface area contributed by atoms with Gasteiger partial charge in [0, 0.05) is 11.8 Å². The van der Waals surface area contributed by atoms with Crippen LogP contribution < -0.4 is 5.32 Å². The van der Waals surface area contributed by atoms with Crippen LogP contribution in [0.25, 0.3) is 0 Å². The molecule has 0 saturated heterocycles. The monoisotopic (exact) mass is 275 g/mol. The fourth-order valence-corrected chi connectivity index (χ4v) is 2.50. The minimum Gasteiger partial charge on any atom is -0.350 e. The Morgan fingerprint density at radius 3 is 2.61 bits per heavy atom. The normalized spacial score (nSPS) is 11.3. The number of ketones is 1. The first-order chi connectivity index (χ1) is 8.79. The van der Waals surface area contributed by atoms with Gasteiger partial charge >= 0.3 is 0 Å². The van der Waals surface area contributed by atoms with Crippen LogP contribution in [0.15, 0.2) is 58.9 Å². The molecule has 0 atom stereocenters. The predicted octanol–water partition coefficient (Wildman–Crippen LogP) is 4.25. The van der Waals surface area contributed by atoms with E-state index in [4.69, 9.17) is 0 Å². The van der Waals surface area contributed by atoms with E-state index in [1.54, 1.807) is 6.08 Å². The van der Waals surface area contributed by atoms with Crippen LogP contribution in [0.2, 0.25) is 0 Å². The zero-order valence-corrected chi connectivity index (χ0v) is 11.6. The summed E-state index contributed by atoms with van der Waals surface area (Å²) < 4.78 is 0. The van der Waals surface area contributed by atoms with Crippen molar-refractivity contribution < 1.29 is 4.79 Å². The molecular weight excluding hydrogens is 262 g/mol. The molecule has 0 fully saturated rings. The molecule has 0 spiro atoms. The molecule has 4 heteroatoms. The van der Waals surface area contributed by atoms with E-state index in [1.807, 2.05) is 54.1 Å². The molecular formula is C14H13NOS2. The Kier molecular flexibility index (Phi) is 4.61. The quantitative estimate of drug-likeness (QED) is 0.653. The van der Waals surface area contributed by atoms with Crippen molar-refractivity contribution in [3.63, 3.8) is 0 Å². The third kappa shape index (κ3) is 3.48. The van der Waals surface area contributed by atoms with Gasteiger partial charge in [-0.15, -0.1) is 23.1 Å². The summed E-state index contributed by atoms with van der Waals surface area (Å²) in [6, 6.07) is 13.5. The number of thioether (sulfide) groups is 1. The molecule has 2 rings (SSSR count). The largest absolute Gasteiger partial charge is 0.350 e. The molecule has 2 aromatic rings. The maximum Gasteiger partial charge on any atom is 0.198 e. The number of rotatable bonds is 5. The summed E-state index contributed by atoms with van der Waals surface area (Å²) in [7, 11) is 0. The van der Waals surface area contributed by atoms with Gasteiger partial charge < -0.3 is 5.32 Å². The van der Waals surface area contributed by atoms with Crippen LogP contribution in [0.1, 0.15) is 9.67 Å². The number of carbonyl (C=O) groups is 1. The van der Waals surface area contributed by atoms with Gasteiger partial charge in [-0.1, -0.05) is 24.3 Å². The lowest BCUT2D eigenvalue weighted by Crippen LogP contribution is -1.99. The van der Waals surface area contributed by atoms with Crippen molar-refractivity contribution in [3.05, 3.63) is 63.8 Å². The van der Waals surface area contributed by atoms with Crippen molar-refractivity contribution in [2.45, 2.75) is 0 Å². The number of anilines is 1. The van der Waals surface area contributed by atoms with Gasteiger partial charge in [-0.05, 0) is 29.8 Å². The molecule has 1 N–H and O–H groups in total. The first-order valence-corrected chi connectivity index (χ1v) is 7.55. The van der Waals surface area contributed by atoms with E-state index in [0.29, 0.717) is 0 Å². The Labute approximate surface area is 115 Å². The Balaban J connectivity index is 2.11. The lowest BCUT2D eigenvalue weighted by atomic mass is 10.3. The summed E-state index contributed by atoms with van der Waals surface area (Å²) in [5.41, 5.74) is 0.983. The first-order valence-electron chi connectivity index (χ1n) is 5.45. The highest BCUT2D eigenvalue weighted by molar-refractivity contribution is 8.02. The SMILES string of the molecule is CS/C(=C/C(=O)c1cccs1)Nc1ccccc1. The molecule has 0 saturated carbocycles. The Hall–Kier alpha value is -1.52. The van der Waals surface area contributed by atoms with Gasteiger partial charge in [0.15, 0.2) is 5.78 Å². The average Bonchev–Trinajstić information content (AvgIpc) is 2.93. The van der Waals surface area contributed by atoms with Gasteiger partial charge in [-0.3, -0.25) is 4.79 Å². The van der Waals surface area contributed by atoms with Crippen molar-refractivity contribution in [1.29, 1.82) is 0 Å². The molecule has 0 radical (unpaired) electrons. The molecule has 1 heterocycles. The Bertz CT molecular complexity index is 532. The minimum absolute atomic E-state index is 0.0396. The standard InChI is InChI=1S/C14H13NOS2/c1-17-14(15-11-6-3-2-4-7-11)10-12(16)13-8-5-9-18-13/h2-10,15H,1H3/b14-10+. The van der Waals surface area contributed by atoms with Crippen molar-refractivity contribution in [2.75, 3.05) is 11.6 Å². The Morgan fingerprint density at radius 1 is 1.22 bits per heavy atom. The highest BCUT2D eigenvalue weighted by Crippen LogP contribution is 2.18. The second-order valence-electron chi connectivity index (χ2n) is 3.55. The van der Waals surface area contributed by atoms with Gasteiger partial charge in [0.25, 0.3) is 0 Å². The van der Waals surface area contributed by atoms with Crippen LogP contribution in [0.4, 0.5) is 5.69 Å².